The van der Waals surface area contributed by atoms with E-state index in [-0.39, 0.29) is 23.4 Å². The molecule has 2 amide bonds. The van der Waals surface area contributed by atoms with Crippen LogP contribution < -0.4 is 10.6 Å². The lowest BCUT2D eigenvalue weighted by Gasteiger charge is -2.18. The Bertz CT molecular complexity index is 1420. The molecule has 1 atom stereocenters. The minimum Gasteiger partial charge on any atom is -0.358 e. The number of imidazole rings is 1. The standard InChI is InChI=1S/C22H23N9O3/c1-10(26-20(33)16-11-5-6-15(32)28-17(11)25-9-24-16)14-7-12(31-34-14)18-27-13-8-23-21(22(2,3)4)30-19(13)29-18/h7-10H,5-6H2,1-4H3,(H,26,33)(H,23,27,29,30)(H,24,25,28,32)/t10-/m1/s1. The highest BCUT2D eigenvalue weighted by Gasteiger charge is 2.26. The molecule has 0 bridgehead atoms. The first-order valence-electron chi connectivity index (χ1n) is 10.8. The summed E-state index contributed by atoms with van der Waals surface area (Å²) in [5.41, 5.74) is 2.36. The second kappa shape index (κ2) is 7.97. The molecule has 0 radical (unpaired) electrons. The van der Waals surface area contributed by atoms with Gasteiger partial charge in [0.05, 0.1) is 12.2 Å². The molecule has 174 valence electrons. The van der Waals surface area contributed by atoms with Crippen molar-refractivity contribution in [3.63, 3.8) is 0 Å². The third-order valence-corrected chi connectivity index (χ3v) is 5.48. The third-order valence-electron chi connectivity index (χ3n) is 5.48. The van der Waals surface area contributed by atoms with Gasteiger partial charge in [-0.3, -0.25) is 9.59 Å². The summed E-state index contributed by atoms with van der Waals surface area (Å²) >= 11 is 0. The maximum absolute atomic E-state index is 12.9. The zero-order valence-electron chi connectivity index (χ0n) is 19.1. The number of aromatic amines is 1. The molecule has 34 heavy (non-hydrogen) atoms. The number of rotatable bonds is 4. The minimum absolute atomic E-state index is 0.133. The summed E-state index contributed by atoms with van der Waals surface area (Å²) in [5, 5.41) is 9.62. The number of aromatic nitrogens is 7. The molecule has 3 N–H and O–H groups in total. The van der Waals surface area contributed by atoms with Crippen LogP contribution in [0.5, 0.6) is 0 Å². The number of amides is 2. The fraction of sp³-hybridized carbons (Fsp3) is 0.364. The van der Waals surface area contributed by atoms with Crippen molar-refractivity contribution in [1.29, 1.82) is 0 Å². The van der Waals surface area contributed by atoms with E-state index in [9.17, 15) is 9.59 Å². The van der Waals surface area contributed by atoms with Gasteiger partial charge in [-0.25, -0.2) is 24.9 Å². The molecule has 4 aromatic heterocycles. The molecule has 0 saturated heterocycles. The first kappa shape index (κ1) is 21.6. The van der Waals surface area contributed by atoms with Crippen molar-refractivity contribution in [2.75, 3.05) is 5.32 Å². The summed E-state index contributed by atoms with van der Waals surface area (Å²) in [6.07, 6.45) is 3.61. The van der Waals surface area contributed by atoms with Crippen LogP contribution in [0.1, 0.15) is 67.8 Å². The maximum Gasteiger partial charge on any atom is 0.270 e. The zero-order valence-corrected chi connectivity index (χ0v) is 19.1. The van der Waals surface area contributed by atoms with Crippen LogP contribution in [0.4, 0.5) is 5.82 Å². The number of hydrogen-bond donors (Lipinski definition) is 3. The molecule has 1 aliphatic heterocycles. The molecule has 5 rings (SSSR count). The van der Waals surface area contributed by atoms with Crippen LogP contribution in [-0.2, 0) is 16.6 Å². The van der Waals surface area contributed by atoms with Gasteiger partial charge in [-0.2, -0.15) is 0 Å². The zero-order chi connectivity index (χ0) is 24.0. The SMILES string of the molecule is C[C@@H](NC(=O)c1ncnc2c1CCC(=O)N2)c1cc(-c2nc3cnc(C(C)(C)C)nc3[nH]2)no1. The van der Waals surface area contributed by atoms with E-state index in [0.29, 0.717) is 52.1 Å². The van der Waals surface area contributed by atoms with Gasteiger partial charge in [0.2, 0.25) is 5.91 Å². The lowest BCUT2D eigenvalue weighted by Crippen LogP contribution is -2.30. The summed E-state index contributed by atoms with van der Waals surface area (Å²) in [6.45, 7) is 7.90. The molecule has 1 aliphatic rings. The largest absolute Gasteiger partial charge is 0.358 e. The molecule has 4 aromatic rings. The van der Waals surface area contributed by atoms with E-state index in [0.717, 1.165) is 0 Å². The fourth-order valence-corrected chi connectivity index (χ4v) is 3.62. The molecule has 0 unspecified atom stereocenters. The van der Waals surface area contributed by atoms with Crippen LogP contribution in [0.25, 0.3) is 22.7 Å². The minimum atomic E-state index is -0.491. The van der Waals surface area contributed by atoms with Crippen LogP contribution in [0, 0.1) is 0 Å². The number of anilines is 1. The Morgan fingerprint density at radius 1 is 1.18 bits per heavy atom. The number of H-pyrrole nitrogens is 1. The van der Waals surface area contributed by atoms with Crippen molar-refractivity contribution in [2.45, 2.75) is 52.0 Å². The van der Waals surface area contributed by atoms with Gasteiger partial charge >= 0.3 is 0 Å². The Labute approximate surface area is 194 Å². The van der Waals surface area contributed by atoms with Gasteiger partial charge in [-0.15, -0.1) is 0 Å². The lowest BCUT2D eigenvalue weighted by molar-refractivity contribution is -0.116. The summed E-state index contributed by atoms with van der Waals surface area (Å²) in [4.78, 5) is 49.3. The summed E-state index contributed by atoms with van der Waals surface area (Å²) in [6, 6.07) is 1.21. The van der Waals surface area contributed by atoms with Crippen LogP contribution in [0.15, 0.2) is 23.1 Å². The molecule has 12 heteroatoms. The average Bonchev–Trinajstić information content (AvgIpc) is 3.44. The van der Waals surface area contributed by atoms with Crippen molar-refractivity contribution >= 4 is 28.8 Å². The highest BCUT2D eigenvalue weighted by atomic mass is 16.5. The van der Waals surface area contributed by atoms with Crippen LogP contribution >= 0.6 is 0 Å². The fourth-order valence-electron chi connectivity index (χ4n) is 3.62. The predicted octanol–water partition coefficient (Wildman–Crippen LogP) is 2.47. The molecule has 0 saturated carbocycles. The van der Waals surface area contributed by atoms with Crippen LogP contribution in [0.2, 0.25) is 0 Å². The average molecular weight is 461 g/mol. The van der Waals surface area contributed by atoms with Crippen molar-refractivity contribution in [3.05, 3.63) is 41.4 Å². The van der Waals surface area contributed by atoms with E-state index in [1.807, 2.05) is 20.8 Å². The number of hydrogen-bond acceptors (Lipinski definition) is 9. The molecule has 0 spiro atoms. The van der Waals surface area contributed by atoms with Gasteiger partial charge in [0, 0.05) is 23.5 Å². The van der Waals surface area contributed by atoms with E-state index >= 15 is 0 Å². The Morgan fingerprint density at radius 3 is 2.79 bits per heavy atom. The highest BCUT2D eigenvalue weighted by molar-refractivity contribution is 5.99. The Balaban J connectivity index is 1.35. The lowest BCUT2D eigenvalue weighted by atomic mass is 9.96. The summed E-state index contributed by atoms with van der Waals surface area (Å²) in [7, 11) is 0. The van der Waals surface area contributed by atoms with Crippen molar-refractivity contribution in [3.8, 4) is 11.5 Å². The quantitative estimate of drug-likeness (QED) is 0.414. The van der Waals surface area contributed by atoms with E-state index in [1.54, 1.807) is 19.2 Å². The molecule has 12 nitrogen and oxygen atoms in total. The topological polar surface area (TPSA) is 164 Å². The number of carbonyl (C=O) groups excluding carboxylic acids is 2. The number of nitrogens with zero attached hydrogens (tertiary/aromatic N) is 6. The van der Waals surface area contributed by atoms with E-state index in [1.165, 1.54) is 6.33 Å². The Morgan fingerprint density at radius 2 is 2.00 bits per heavy atom. The molecular weight excluding hydrogens is 438 g/mol. The second-order valence-electron chi connectivity index (χ2n) is 9.17. The van der Waals surface area contributed by atoms with Crippen molar-refractivity contribution in [2.24, 2.45) is 0 Å². The molecule has 0 aromatic carbocycles. The van der Waals surface area contributed by atoms with Gasteiger partial charge in [0.15, 0.2) is 17.2 Å². The first-order chi connectivity index (χ1) is 16.2. The Kier molecular flexibility index (Phi) is 5.07. The highest BCUT2D eigenvalue weighted by Crippen LogP contribution is 2.26. The summed E-state index contributed by atoms with van der Waals surface area (Å²) in [5.74, 6) is 1.48. The first-order valence-corrected chi connectivity index (χ1v) is 10.8. The van der Waals surface area contributed by atoms with E-state index in [2.05, 4.69) is 45.7 Å². The van der Waals surface area contributed by atoms with Gasteiger partial charge in [0.25, 0.3) is 5.91 Å². The molecule has 5 heterocycles. The van der Waals surface area contributed by atoms with Gasteiger partial charge < -0.3 is 20.1 Å². The van der Waals surface area contributed by atoms with Crippen LogP contribution in [-0.4, -0.2) is 46.9 Å². The van der Waals surface area contributed by atoms with E-state index in [4.69, 9.17) is 4.52 Å². The Hall–Kier alpha value is -4.22. The predicted molar refractivity (Wildman–Crippen MR) is 121 cm³/mol. The number of carbonyl (C=O) groups is 2. The molecular formula is C22H23N9O3. The van der Waals surface area contributed by atoms with Gasteiger partial charge in [-0.05, 0) is 13.3 Å². The van der Waals surface area contributed by atoms with Gasteiger partial charge in [-0.1, -0.05) is 25.9 Å². The number of nitrogens with one attached hydrogen (secondary N) is 3. The molecule has 0 aliphatic carbocycles. The van der Waals surface area contributed by atoms with E-state index < -0.39 is 11.9 Å². The van der Waals surface area contributed by atoms with Crippen molar-refractivity contribution in [1.82, 2.24) is 40.4 Å². The smallest absolute Gasteiger partial charge is 0.270 e. The number of fused-ring (bicyclic) bond motifs is 2. The van der Waals surface area contributed by atoms with Crippen molar-refractivity contribution < 1.29 is 14.1 Å². The third kappa shape index (κ3) is 3.98. The monoisotopic (exact) mass is 461 g/mol. The van der Waals surface area contributed by atoms with Crippen LogP contribution in [0.3, 0.4) is 0 Å². The molecule has 0 fully saturated rings. The second-order valence-corrected chi connectivity index (χ2v) is 9.17. The van der Waals surface area contributed by atoms with Gasteiger partial charge in [0.1, 0.15) is 34.9 Å². The normalized spacial score (nSPS) is 14.5. The summed E-state index contributed by atoms with van der Waals surface area (Å²) < 4.78 is 5.47. The maximum atomic E-state index is 12.9.